The van der Waals surface area contributed by atoms with Crippen LogP contribution < -0.4 is 5.32 Å². The van der Waals surface area contributed by atoms with Crippen LogP contribution in [0.5, 0.6) is 0 Å². The molecule has 0 radical (unpaired) electrons. The van der Waals surface area contributed by atoms with Crippen LogP contribution in [0.4, 0.5) is 5.69 Å². The zero-order chi connectivity index (χ0) is 8.27. The summed E-state index contributed by atoms with van der Waals surface area (Å²) >= 11 is 5.85. The number of rotatable bonds is 2. The lowest BCUT2D eigenvalue weighted by molar-refractivity contribution is 1.21. The Kier molecular flexibility index (Phi) is 2.77. The van der Waals surface area contributed by atoms with Gasteiger partial charge in [0.05, 0.1) is 0 Å². The van der Waals surface area contributed by atoms with Gasteiger partial charge in [-0.3, -0.25) is 0 Å². The molecule has 0 fully saturated rings. The summed E-state index contributed by atoms with van der Waals surface area (Å²) in [5.74, 6) is 0. The van der Waals surface area contributed by atoms with E-state index >= 15 is 0 Å². The second-order valence-electron chi connectivity index (χ2n) is 2.55. The molecule has 0 saturated heterocycles. The van der Waals surface area contributed by atoms with E-state index in [1.54, 1.807) is 0 Å². The normalized spacial score (nSPS) is 9.73. The molecule has 0 aliphatic rings. The molecule has 1 aromatic carbocycles. The van der Waals surface area contributed by atoms with Crippen molar-refractivity contribution in [2.75, 3.05) is 11.9 Å². The SMILES string of the molecule is CCNc1cc(C)cc(Cl)c1. The molecular formula is C9H12ClN. The van der Waals surface area contributed by atoms with Gasteiger partial charge in [0.2, 0.25) is 0 Å². The van der Waals surface area contributed by atoms with Gasteiger partial charge in [0, 0.05) is 17.3 Å². The molecule has 0 aromatic heterocycles. The zero-order valence-electron chi connectivity index (χ0n) is 6.82. The van der Waals surface area contributed by atoms with Crippen molar-refractivity contribution in [3.05, 3.63) is 28.8 Å². The van der Waals surface area contributed by atoms with Crippen LogP contribution >= 0.6 is 11.6 Å². The fraction of sp³-hybridized carbons (Fsp3) is 0.333. The molecule has 1 N–H and O–H groups in total. The second-order valence-corrected chi connectivity index (χ2v) is 2.98. The van der Waals surface area contributed by atoms with Crippen molar-refractivity contribution in [1.82, 2.24) is 0 Å². The van der Waals surface area contributed by atoms with E-state index in [1.165, 1.54) is 5.56 Å². The van der Waals surface area contributed by atoms with Gasteiger partial charge < -0.3 is 5.32 Å². The summed E-state index contributed by atoms with van der Waals surface area (Å²) in [4.78, 5) is 0. The van der Waals surface area contributed by atoms with E-state index in [0.29, 0.717) is 0 Å². The third kappa shape index (κ3) is 2.43. The van der Waals surface area contributed by atoms with Gasteiger partial charge in [-0.25, -0.2) is 0 Å². The molecular weight excluding hydrogens is 158 g/mol. The maximum absolute atomic E-state index is 5.85. The van der Waals surface area contributed by atoms with Gasteiger partial charge in [-0.1, -0.05) is 11.6 Å². The Bertz CT molecular complexity index is 225. The predicted molar refractivity (Wildman–Crippen MR) is 50.4 cm³/mol. The van der Waals surface area contributed by atoms with E-state index in [1.807, 2.05) is 19.1 Å². The summed E-state index contributed by atoms with van der Waals surface area (Å²) in [7, 11) is 0. The number of benzene rings is 1. The van der Waals surface area contributed by atoms with Gasteiger partial charge in [-0.15, -0.1) is 0 Å². The van der Waals surface area contributed by atoms with E-state index in [2.05, 4.69) is 18.3 Å². The number of nitrogens with one attached hydrogen (secondary N) is 1. The molecule has 1 nitrogen and oxygen atoms in total. The fourth-order valence-electron chi connectivity index (χ4n) is 1.04. The number of hydrogen-bond donors (Lipinski definition) is 1. The quantitative estimate of drug-likeness (QED) is 0.718. The summed E-state index contributed by atoms with van der Waals surface area (Å²) < 4.78 is 0. The number of hydrogen-bond acceptors (Lipinski definition) is 1. The molecule has 0 amide bonds. The van der Waals surface area contributed by atoms with Crippen molar-refractivity contribution in [1.29, 1.82) is 0 Å². The first-order valence-corrected chi connectivity index (χ1v) is 4.11. The van der Waals surface area contributed by atoms with E-state index in [0.717, 1.165) is 17.3 Å². The molecule has 1 rings (SSSR count). The first-order valence-electron chi connectivity index (χ1n) is 3.73. The zero-order valence-corrected chi connectivity index (χ0v) is 7.57. The topological polar surface area (TPSA) is 12.0 Å². The largest absolute Gasteiger partial charge is 0.385 e. The van der Waals surface area contributed by atoms with E-state index in [4.69, 9.17) is 11.6 Å². The minimum Gasteiger partial charge on any atom is -0.385 e. The molecule has 0 spiro atoms. The molecule has 0 saturated carbocycles. The Morgan fingerprint density at radius 2 is 2.09 bits per heavy atom. The third-order valence-electron chi connectivity index (χ3n) is 1.42. The smallest absolute Gasteiger partial charge is 0.0429 e. The van der Waals surface area contributed by atoms with Crippen LogP contribution in [-0.2, 0) is 0 Å². The Balaban J connectivity index is 2.89. The van der Waals surface area contributed by atoms with Crippen molar-refractivity contribution in [3.8, 4) is 0 Å². The number of aryl methyl sites for hydroxylation is 1. The number of anilines is 1. The Labute approximate surface area is 72.4 Å². The highest BCUT2D eigenvalue weighted by Gasteiger charge is 1.93. The second kappa shape index (κ2) is 3.63. The molecule has 11 heavy (non-hydrogen) atoms. The molecule has 0 aliphatic heterocycles. The van der Waals surface area contributed by atoms with Crippen LogP contribution in [0.15, 0.2) is 18.2 Å². The van der Waals surface area contributed by atoms with Gasteiger partial charge in [0.15, 0.2) is 0 Å². The average Bonchev–Trinajstić information content (AvgIpc) is 1.85. The van der Waals surface area contributed by atoms with Gasteiger partial charge in [0.1, 0.15) is 0 Å². The van der Waals surface area contributed by atoms with Crippen LogP contribution in [-0.4, -0.2) is 6.54 Å². The molecule has 0 atom stereocenters. The Morgan fingerprint density at radius 3 is 2.64 bits per heavy atom. The van der Waals surface area contributed by atoms with Gasteiger partial charge in [-0.05, 0) is 37.6 Å². The summed E-state index contributed by atoms with van der Waals surface area (Å²) in [6.07, 6.45) is 0. The minimum absolute atomic E-state index is 0.793. The summed E-state index contributed by atoms with van der Waals surface area (Å²) in [6.45, 7) is 5.03. The van der Waals surface area contributed by atoms with Crippen molar-refractivity contribution < 1.29 is 0 Å². The molecule has 0 aliphatic carbocycles. The number of halogens is 1. The lowest BCUT2D eigenvalue weighted by atomic mass is 10.2. The van der Waals surface area contributed by atoms with E-state index in [9.17, 15) is 0 Å². The fourth-order valence-corrected chi connectivity index (χ4v) is 1.33. The monoisotopic (exact) mass is 169 g/mol. The first-order chi connectivity index (χ1) is 5.22. The lowest BCUT2D eigenvalue weighted by Gasteiger charge is -2.04. The van der Waals surface area contributed by atoms with Crippen LogP contribution in [0, 0.1) is 6.92 Å². The van der Waals surface area contributed by atoms with Crippen LogP contribution in [0.1, 0.15) is 12.5 Å². The Hall–Kier alpha value is -0.690. The molecule has 0 unspecified atom stereocenters. The molecule has 1 aromatic rings. The highest BCUT2D eigenvalue weighted by atomic mass is 35.5. The first kappa shape index (κ1) is 8.41. The maximum atomic E-state index is 5.85. The lowest BCUT2D eigenvalue weighted by Crippen LogP contribution is -1.96. The van der Waals surface area contributed by atoms with Crippen molar-refractivity contribution in [2.24, 2.45) is 0 Å². The summed E-state index contributed by atoms with van der Waals surface area (Å²) in [5, 5.41) is 4.00. The molecule has 0 bridgehead atoms. The minimum atomic E-state index is 0.793. The predicted octanol–water partition coefficient (Wildman–Crippen LogP) is 3.08. The van der Waals surface area contributed by atoms with Crippen molar-refractivity contribution >= 4 is 17.3 Å². The van der Waals surface area contributed by atoms with E-state index < -0.39 is 0 Å². The standard InChI is InChI=1S/C9H12ClN/c1-3-11-9-5-7(2)4-8(10)6-9/h4-6,11H,3H2,1-2H3. The average molecular weight is 170 g/mol. The summed E-state index contributed by atoms with van der Waals surface area (Å²) in [6, 6.07) is 5.95. The highest BCUT2D eigenvalue weighted by molar-refractivity contribution is 6.30. The van der Waals surface area contributed by atoms with Crippen molar-refractivity contribution in [2.45, 2.75) is 13.8 Å². The highest BCUT2D eigenvalue weighted by Crippen LogP contribution is 2.17. The van der Waals surface area contributed by atoms with Gasteiger partial charge >= 0.3 is 0 Å². The molecule has 0 heterocycles. The summed E-state index contributed by atoms with van der Waals surface area (Å²) in [5.41, 5.74) is 2.28. The Morgan fingerprint density at radius 1 is 1.36 bits per heavy atom. The molecule has 60 valence electrons. The van der Waals surface area contributed by atoms with Crippen LogP contribution in [0.25, 0.3) is 0 Å². The van der Waals surface area contributed by atoms with Crippen LogP contribution in [0.2, 0.25) is 5.02 Å². The van der Waals surface area contributed by atoms with Crippen molar-refractivity contribution in [3.63, 3.8) is 0 Å². The van der Waals surface area contributed by atoms with E-state index in [-0.39, 0.29) is 0 Å². The third-order valence-corrected chi connectivity index (χ3v) is 1.64. The van der Waals surface area contributed by atoms with Gasteiger partial charge in [0.25, 0.3) is 0 Å². The molecule has 2 heteroatoms. The van der Waals surface area contributed by atoms with Gasteiger partial charge in [-0.2, -0.15) is 0 Å². The maximum Gasteiger partial charge on any atom is 0.0429 e. The van der Waals surface area contributed by atoms with Crippen LogP contribution in [0.3, 0.4) is 0 Å².